The highest BCUT2D eigenvalue weighted by atomic mass is 16.6. The summed E-state index contributed by atoms with van der Waals surface area (Å²) in [6, 6.07) is 14.3. The molecule has 2 aromatic carbocycles. The van der Waals surface area contributed by atoms with Gasteiger partial charge in [-0.2, -0.15) is 0 Å². The number of anilines is 2. The fourth-order valence-corrected chi connectivity index (χ4v) is 10.2. The van der Waals surface area contributed by atoms with Gasteiger partial charge in [0.25, 0.3) is 0 Å². The normalized spacial score (nSPS) is 20.6. The first-order valence-electron chi connectivity index (χ1n) is 29.5. The number of hydrogen-bond acceptors (Lipinski definition) is 17. The number of benzene rings is 2. The molecule has 2 atom stereocenters. The molecule has 19 nitrogen and oxygen atoms in total. The molecule has 0 aromatic heterocycles. The summed E-state index contributed by atoms with van der Waals surface area (Å²) in [7, 11) is 0. The smallest absolute Gasteiger partial charge is 0.410 e. The molecule has 0 aliphatic carbocycles. The van der Waals surface area contributed by atoms with Gasteiger partial charge in [0.1, 0.15) is 39.4 Å². The number of likely N-dealkylation sites (tertiary alicyclic amines) is 4. The fraction of sp³-hybridized carbons (Fsp3) is 0.703. The van der Waals surface area contributed by atoms with Gasteiger partial charge in [-0.05, 0) is 176 Å². The Hall–Kier alpha value is -5.95. The Balaban J connectivity index is 0.000000295. The average Bonchev–Trinajstić information content (AvgIpc) is 4.13. The van der Waals surface area contributed by atoms with Crippen molar-refractivity contribution in [3.8, 4) is 0 Å². The number of hydrogen-bond donors (Lipinski definition) is 2. The molecule has 0 radical (unpaired) electrons. The Morgan fingerprint density at radius 3 is 1.17 bits per heavy atom. The zero-order valence-corrected chi connectivity index (χ0v) is 53.9. The van der Waals surface area contributed by atoms with Crippen molar-refractivity contribution >= 4 is 53.2 Å². The zero-order valence-electron chi connectivity index (χ0n) is 53.9. The molecule has 4 heterocycles. The van der Waals surface area contributed by atoms with Crippen LogP contribution in [0.4, 0.5) is 21.0 Å². The number of esters is 4. The Morgan fingerprint density at radius 2 is 0.807 bits per heavy atom. The molecule has 2 aromatic rings. The summed E-state index contributed by atoms with van der Waals surface area (Å²) in [6.45, 7) is 43.0. The van der Waals surface area contributed by atoms with Gasteiger partial charge in [-0.25, -0.2) is 9.59 Å². The number of para-hydroxylation sites is 2. The van der Waals surface area contributed by atoms with Crippen LogP contribution < -0.4 is 11.1 Å². The van der Waals surface area contributed by atoms with Gasteiger partial charge in [-0.3, -0.25) is 33.8 Å². The van der Waals surface area contributed by atoms with E-state index in [1.54, 1.807) is 118 Å². The number of carbonyl (C=O) groups is 7. The number of nitrogens with zero attached hydrogens (tertiary/aromatic N) is 4. The largest absolute Gasteiger partial charge is 0.459 e. The lowest BCUT2D eigenvalue weighted by Gasteiger charge is -2.43. The first-order chi connectivity index (χ1) is 37.9. The number of piperidine rings is 2. The van der Waals surface area contributed by atoms with E-state index < -0.39 is 69.3 Å². The number of ether oxygens (including phenoxy) is 6. The Bertz CT molecular complexity index is 2510. The zero-order chi connectivity index (χ0) is 62.9. The Labute approximate surface area is 495 Å². The third kappa shape index (κ3) is 22.5. The molecule has 0 bridgehead atoms. The van der Waals surface area contributed by atoms with Crippen molar-refractivity contribution in [3.63, 3.8) is 0 Å². The lowest BCUT2D eigenvalue weighted by atomic mass is 9.92. The van der Waals surface area contributed by atoms with Gasteiger partial charge >= 0.3 is 36.1 Å². The maximum atomic E-state index is 13.3. The molecule has 19 heteroatoms. The van der Waals surface area contributed by atoms with E-state index in [-0.39, 0.29) is 29.3 Å². The number of rotatable bonds is 10. The maximum Gasteiger partial charge on any atom is 0.410 e. The standard InChI is InChI=1S/C32H51N3O6.C17H25NO4.C15H26N2O3/c1-29(2,3)39-26(36)25(27(37)40-30(4,5)6)23-13-11-12-14-24(23)33-22-15-18-35(19-16-22)32(10)17-20-34(21-32)28(38)41-31(7,8)9;1-16(2,3)21-14(19)13(15(20)22-17(4,5)6)11-9-7-8-10-12(11)18;1-14(2,3)20-13(19)16-10-7-15(4,11-16)17-8-5-12(18)6-9-17/h11-14,22,25,33H,15-21H2,1-10H3;7-10,13H,18H2,1-6H3;5-11H2,1-4H3. The summed E-state index contributed by atoms with van der Waals surface area (Å²) < 4.78 is 33.0. The molecule has 4 saturated heterocycles. The van der Waals surface area contributed by atoms with Crippen LogP contribution in [-0.2, 0) is 52.4 Å². The third-order valence-electron chi connectivity index (χ3n) is 14.1. The minimum absolute atomic E-state index is 0.0163. The number of nitrogens with one attached hydrogen (secondary N) is 1. The van der Waals surface area contributed by atoms with Crippen LogP contribution in [-0.4, -0.2) is 165 Å². The number of carbonyl (C=O) groups excluding carboxylic acids is 7. The molecule has 83 heavy (non-hydrogen) atoms. The molecule has 4 fully saturated rings. The highest BCUT2D eigenvalue weighted by Gasteiger charge is 2.45. The van der Waals surface area contributed by atoms with Crippen LogP contribution in [0.25, 0.3) is 0 Å². The second kappa shape index (κ2) is 27.4. The van der Waals surface area contributed by atoms with Gasteiger partial charge in [-0.1, -0.05) is 36.4 Å². The minimum Gasteiger partial charge on any atom is -0.459 e. The van der Waals surface area contributed by atoms with Crippen molar-refractivity contribution in [2.75, 3.05) is 63.4 Å². The van der Waals surface area contributed by atoms with E-state index in [1.165, 1.54) is 0 Å². The van der Waals surface area contributed by atoms with E-state index in [4.69, 9.17) is 34.2 Å². The molecule has 0 saturated carbocycles. The van der Waals surface area contributed by atoms with Crippen molar-refractivity contribution in [2.24, 2.45) is 0 Å². The summed E-state index contributed by atoms with van der Waals surface area (Å²) in [4.78, 5) is 96.1. The SMILES string of the molecule is CC(C)(C)OC(=O)C(C(=O)OC(C)(C)C)c1ccccc1N.CC(C)(C)OC(=O)C(C(=O)OC(C)(C)C)c1ccccc1NC1CCN(C2(C)CCN(C(=O)OC(C)(C)C)C2)CC1.CC(C)(C)OC(=O)N1CCC(C)(N2CCC(=O)CC2)C1. The van der Waals surface area contributed by atoms with Crippen molar-refractivity contribution in [1.29, 1.82) is 0 Å². The second-order valence-electron chi connectivity index (χ2n) is 28.9. The predicted molar refractivity (Wildman–Crippen MR) is 322 cm³/mol. The van der Waals surface area contributed by atoms with Crippen molar-refractivity contribution in [1.82, 2.24) is 19.6 Å². The summed E-state index contributed by atoms with van der Waals surface area (Å²) in [5.41, 5.74) is 3.95. The van der Waals surface area contributed by atoms with Crippen LogP contribution in [0.1, 0.15) is 200 Å². The lowest BCUT2D eigenvalue weighted by Crippen LogP contribution is -2.53. The van der Waals surface area contributed by atoms with E-state index in [0.29, 0.717) is 55.1 Å². The van der Waals surface area contributed by atoms with E-state index in [2.05, 4.69) is 29.0 Å². The van der Waals surface area contributed by atoms with Crippen molar-refractivity contribution in [2.45, 2.75) is 240 Å². The molecule has 2 unspecified atom stereocenters. The summed E-state index contributed by atoms with van der Waals surface area (Å²) in [6.07, 6.45) is 4.43. The molecule has 2 amide bonds. The molecule has 3 N–H and O–H groups in total. The molecular formula is C64H102N6O13. The number of amides is 2. The number of nitrogen functional groups attached to an aromatic ring is 1. The maximum absolute atomic E-state index is 13.3. The monoisotopic (exact) mass is 1160 g/mol. The highest BCUT2D eigenvalue weighted by Crippen LogP contribution is 2.36. The highest BCUT2D eigenvalue weighted by molar-refractivity contribution is 6.03. The molecular weight excluding hydrogens is 1060 g/mol. The summed E-state index contributed by atoms with van der Waals surface area (Å²) >= 11 is 0. The topological polar surface area (TPSA) is 226 Å². The van der Waals surface area contributed by atoms with Crippen LogP contribution in [0.15, 0.2) is 48.5 Å². The number of Topliss-reactive ketones (excluding diaryl/α,β-unsaturated/α-hetero) is 1. The molecule has 4 aliphatic heterocycles. The van der Waals surface area contributed by atoms with Crippen LogP contribution in [0.5, 0.6) is 0 Å². The molecule has 4 aliphatic rings. The molecule has 0 spiro atoms. The van der Waals surface area contributed by atoms with Gasteiger partial charge in [0.15, 0.2) is 11.8 Å². The van der Waals surface area contributed by atoms with Gasteiger partial charge in [0, 0.05) is 105 Å². The van der Waals surface area contributed by atoms with E-state index in [9.17, 15) is 33.6 Å². The number of nitrogens with two attached hydrogens (primary N) is 1. The number of ketones is 1. The van der Waals surface area contributed by atoms with E-state index in [1.807, 2.05) is 64.6 Å². The second-order valence-corrected chi connectivity index (χ2v) is 28.9. The first-order valence-corrected chi connectivity index (χ1v) is 29.5. The third-order valence-corrected chi connectivity index (χ3v) is 14.1. The lowest BCUT2D eigenvalue weighted by molar-refractivity contribution is -0.171. The summed E-state index contributed by atoms with van der Waals surface area (Å²) in [5, 5.41) is 3.62. The van der Waals surface area contributed by atoms with E-state index in [0.717, 1.165) is 64.1 Å². The van der Waals surface area contributed by atoms with Crippen molar-refractivity contribution in [3.05, 3.63) is 59.7 Å². The Morgan fingerprint density at radius 1 is 0.482 bits per heavy atom. The molecule has 6 rings (SSSR count). The van der Waals surface area contributed by atoms with Gasteiger partial charge in [-0.15, -0.1) is 0 Å². The quantitative estimate of drug-likeness (QED) is 0.0976. The van der Waals surface area contributed by atoms with Crippen molar-refractivity contribution < 1.29 is 62.0 Å². The fourth-order valence-electron chi connectivity index (χ4n) is 10.2. The van der Waals surface area contributed by atoms with Crippen LogP contribution in [0, 0.1) is 0 Å². The van der Waals surface area contributed by atoms with Crippen LogP contribution in [0.3, 0.4) is 0 Å². The van der Waals surface area contributed by atoms with Gasteiger partial charge < -0.3 is 49.3 Å². The van der Waals surface area contributed by atoms with Crippen LogP contribution in [0.2, 0.25) is 0 Å². The molecule has 466 valence electrons. The minimum atomic E-state index is -1.20. The predicted octanol–water partition coefficient (Wildman–Crippen LogP) is 10.8. The van der Waals surface area contributed by atoms with E-state index >= 15 is 0 Å². The Kier molecular flexibility index (Phi) is 23.0. The van der Waals surface area contributed by atoms with Gasteiger partial charge in [0.2, 0.25) is 0 Å². The average molecular weight is 1160 g/mol. The van der Waals surface area contributed by atoms with Gasteiger partial charge in [0.05, 0.1) is 0 Å². The first kappa shape index (κ1) is 69.5. The van der Waals surface area contributed by atoms with Crippen LogP contribution >= 0.6 is 0 Å². The summed E-state index contributed by atoms with van der Waals surface area (Å²) in [5.74, 6) is -4.63.